The molecule has 0 aromatic rings. The summed E-state index contributed by atoms with van der Waals surface area (Å²) in [5.74, 6) is 0. The van der Waals surface area contributed by atoms with Crippen molar-refractivity contribution in [2.45, 2.75) is 25.8 Å². The van der Waals surface area contributed by atoms with E-state index in [9.17, 15) is 0 Å². The summed E-state index contributed by atoms with van der Waals surface area (Å²) in [6.45, 7) is 9.07. The number of rotatable bonds is 8. The summed E-state index contributed by atoms with van der Waals surface area (Å²) in [5.41, 5.74) is 5.48. The Bertz CT molecular complexity index is 172. The Morgan fingerprint density at radius 2 is 2.00 bits per heavy atom. The smallest absolute Gasteiger partial charge is 0.0619 e. The molecule has 1 saturated heterocycles. The van der Waals surface area contributed by atoms with E-state index >= 15 is 0 Å². The van der Waals surface area contributed by atoms with Crippen molar-refractivity contribution in [3.63, 3.8) is 0 Å². The molecule has 1 unspecified atom stereocenters. The van der Waals surface area contributed by atoms with Gasteiger partial charge in [-0.2, -0.15) is 0 Å². The minimum atomic E-state index is 0.572. The lowest BCUT2D eigenvalue weighted by Crippen LogP contribution is -2.35. The number of nitrogens with zero attached hydrogens (tertiary/aromatic N) is 2. The van der Waals surface area contributed by atoms with Gasteiger partial charge in [0.2, 0.25) is 0 Å². The first-order chi connectivity index (χ1) is 7.74. The second kappa shape index (κ2) is 8.01. The van der Waals surface area contributed by atoms with Gasteiger partial charge in [-0.05, 0) is 39.9 Å². The van der Waals surface area contributed by atoms with Crippen LogP contribution in [0.15, 0.2) is 0 Å². The maximum Gasteiger partial charge on any atom is 0.0619 e. The molecule has 4 nitrogen and oxygen atoms in total. The second-order valence-electron chi connectivity index (χ2n) is 4.76. The van der Waals surface area contributed by atoms with Gasteiger partial charge in [0.15, 0.2) is 0 Å². The van der Waals surface area contributed by atoms with Gasteiger partial charge in [0, 0.05) is 25.7 Å². The lowest BCUT2D eigenvalue weighted by molar-refractivity contribution is 0.0650. The summed E-state index contributed by atoms with van der Waals surface area (Å²) in [4.78, 5) is 4.73. The molecule has 16 heavy (non-hydrogen) atoms. The Balaban J connectivity index is 1.97. The van der Waals surface area contributed by atoms with Crippen molar-refractivity contribution in [3.8, 4) is 0 Å². The highest BCUT2D eigenvalue weighted by Gasteiger charge is 2.17. The van der Waals surface area contributed by atoms with Crippen LogP contribution in [0.5, 0.6) is 0 Å². The zero-order valence-corrected chi connectivity index (χ0v) is 10.8. The molecule has 0 spiro atoms. The molecule has 4 heteroatoms. The van der Waals surface area contributed by atoms with Crippen LogP contribution in [0.2, 0.25) is 0 Å². The molecule has 0 aromatic heterocycles. The third kappa shape index (κ3) is 5.25. The Morgan fingerprint density at radius 3 is 2.62 bits per heavy atom. The van der Waals surface area contributed by atoms with Crippen LogP contribution in [0.1, 0.15) is 19.8 Å². The van der Waals surface area contributed by atoms with E-state index in [4.69, 9.17) is 10.5 Å². The van der Waals surface area contributed by atoms with Gasteiger partial charge in [0.1, 0.15) is 0 Å². The van der Waals surface area contributed by atoms with Crippen molar-refractivity contribution < 1.29 is 4.74 Å². The lowest BCUT2D eigenvalue weighted by atomic mass is 10.3. The summed E-state index contributed by atoms with van der Waals surface area (Å²) in [7, 11) is 2.08. The van der Waals surface area contributed by atoms with Gasteiger partial charge in [-0.3, -0.25) is 4.90 Å². The molecule has 0 amide bonds. The van der Waals surface area contributed by atoms with E-state index in [-0.39, 0.29) is 0 Å². The van der Waals surface area contributed by atoms with E-state index in [0.29, 0.717) is 6.04 Å². The number of hydrogen-bond donors (Lipinski definition) is 1. The molecule has 1 fully saturated rings. The number of nitrogens with two attached hydrogens (primary N) is 1. The Kier molecular flexibility index (Phi) is 6.96. The Morgan fingerprint density at radius 1 is 1.31 bits per heavy atom. The minimum Gasteiger partial charge on any atom is -0.379 e. The number of ether oxygens (including phenoxy) is 1. The molecule has 96 valence electrons. The molecule has 0 saturated carbocycles. The van der Waals surface area contributed by atoms with E-state index < -0.39 is 0 Å². The number of hydrogen-bond acceptors (Lipinski definition) is 4. The van der Waals surface area contributed by atoms with E-state index in [0.717, 1.165) is 32.8 Å². The summed E-state index contributed by atoms with van der Waals surface area (Å²) in [6.07, 6.45) is 2.70. The van der Waals surface area contributed by atoms with Crippen LogP contribution >= 0.6 is 0 Å². The van der Waals surface area contributed by atoms with Crippen molar-refractivity contribution >= 4 is 0 Å². The SMILES string of the molecule is CC(COCCN(C)CCN)N1CCCC1. The third-order valence-corrected chi connectivity index (χ3v) is 3.25. The van der Waals surface area contributed by atoms with Gasteiger partial charge in [0.05, 0.1) is 13.2 Å². The van der Waals surface area contributed by atoms with Crippen LogP contribution in [0.3, 0.4) is 0 Å². The number of likely N-dealkylation sites (N-methyl/N-ethyl adjacent to an activating group) is 1. The molecule has 1 aliphatic heterocycles. The predicted molar refractivity (Wildman–Crippen MR) is 67.6 cm³/mol. The first-order valence-corrected chi connectivity index (χ1v) is 6.44. The standard InChI is InChI=1S/C12H27N3O/c1-12(15-6-3-4-7-15)11-16-10-9-14(2)8-5-13/h12H,3-11,13H2,1-2H3. The average molecular weight is 229 g/mol. The highest BCUT2D eigenvalue weighted by atomic mass is 16.5. The van der Waals surface area contributed by atoms with Gasteiger partial charge in [-0.1, -0.05) is 0 Å². The molecule has 2 N–H and O–H groups in total. The Hall–Kier alpha value is -0.160. The van der Waals surface area contributed by atoms with Gasteiger partial charge >= 0.3 is 0 Å². The highest BCUT2D eigenvalue weighted by molar-refractivity contribution is 4.72. The molecule has 0 aromatic carbocycles. The topological polar surface area (TPSA) is 41.7 Å². The fourth-order valence-corrected chi connectivity index (χ4v) is 2.09. The molecule has 1 rings (SSSR count). The van der Waals surface area contributed by atoms with Crippen molar-refractivity contribution in [2.24, 2.45) is 5.73 Å². The normalized spacial score (nSPS) is 19.5. The summed E-state index contributed by atoms with van der Waals surface area (Å²) >= 11 is 0. The zero-order valence-electron chi connectivity index (χ0n) is 10.8. The van der Waals surface area contributed by atoms with Crippen molar-refractivity contribution in [1.82, 2.24) is 9.80 Å². The van der Waals surface area contributed by atoms with Gasteiger partial charge in [0.25, 0.3) is 0 Å². The number of likely N-dealkylation sites (tertiary alicyclic amines) is 1. The van der Waals surface area contributed by atoms with Crippen molar-refractivity contribution in [2.75, 3.05) is 53.0 Å². The summed E-state index contributed by atoms with van der Waals surface area (Å²) in [5, 5.41) is 0. The van der Waals surface area contributed by atoms with E-state index in [1.165, 1.54) is 25.9 Å². The molecule has 1 aliphatic rings. The van der Waals surface area contributed by atoms with Gasteiger partial charge in [-0.15, -0.1) is 0 Å². The van der Waals surface area contributed by atoms with Gasteiger partial charge in [-0.25, -0.2) is 0 Å². The Labute approximate surface area is 99.7 Å². The second-order valence-corrected chi connectivity index (χ2v) is 4.76. The summed E-state index contributed by atoms with van der Waals surface area (Å²) < 4.78 is 5.70. The summed E-state index contributed by atoms with van der Waals surface area (Å²) in [6, 6.07) is 0.572. The van der Waals surface area contributed by atoms with Crippen LogP contribution in [-0.2, 0) is 4.74 Å². The fraction of sp³-hybridized carbons (Fsp3) is 1.00. The molecule has 0 aliphatic carbocycles. The quantitative estimate of drug-likeness (QED) is 0.611. The lowest BCUT2D eigenvalue weighted by Gasteiger charge is -2.24. The predicted octanol–water partition coefficient (Wildman–Crippen LogP) is 0.378. The average Bonchev–Trinajstić information content (AvgIpc) is 2.78. The minimum absolute atomic E-state index is 0.572. The molecule has 1 heterocycles. The maximum absolute atomic E-state index is 5.70. The van der Waals surface area contributed by atoms with E-state index in [1.807, 2.05) is 0 Å². The molecule has 1 atom stereocenters. The third-order valence-electron chi connectivity index (χ3n) is 3.25. The first kappa shape index (κ1) is 13.9. The highest BCUT2D eigenvalue weighted by Crippen LogP contribution is 2.11. The van der Waals surface area contributed by atoms with E-state index in [2.05, 4.69) is 23.8 Å². The molecular formula is C12H27N3O. The van der Waals surface area contributed by atoms with Crippen LogP contribution < -0.4 is 5.73 Å². The van der Waals surface area contributed by atoms with Crippen LogP contribution in [0.25, 0.3) is 0 Å². The van der Waals surface area contributed by atoms with Crippen LogP contribution in [0.4, 0.5) is 0 Å². The monoisotopic (exact) mass is 229 g/mol. The van der Waals surface area contributed by atoms with Crippen molar-refractivity contribution in [1.29, 1.82) is 0 Å². The van der Waals surface area contributed by atoms with Crippen molar-refractivity contribution in [3.05, 3.63) is 0 Å². The maximum atomic E-state index is 5.70. The van der Waals surface area contributed by atoms with Crippen LogP contribution in [-0.4, -0.2) is 68.8 Å². The molecule has 0 bridgehead atoms. The largest absolute Gasteiger partial charge is 0.379 e. The van der Waals surface area contributed by atoms with Gasteiger partial charge < -0.3 is 15.4 Å². The fourth-order valence-electron chi connectivity index (χ4n) is 2.09. The molecular weight excluding hydrogens is 202 g/mol. The zero-order chi connectivity index (χ0) is 11.8. The molecule has 0 radical (unpaired) electrons. The first-order valence-electron chi connectivity index (χ1n) is 6.44. The van der Waals surface area contributed by atoms with E-state index in [1.54, 1.807) is 0 Å². The van der Waals surface area contributed by atoms with Crippen LogP contribution in [0, 0.1) is 0 Å².